The van der Waals surface area contributed by atoms with Crippen molar-refractivity contribution in [2.75, 3.05) is 25.4 Å². The summed E-state index contributed by atoms with van der Waals surface area (Å²) in [5.41, 5.74) is -0.508. The zero-order valence-corrected chi connectivity index (χ0v) is 13.8. The second kappa shape index (κ2) is 6.41. The molecular weight excluding hydrogens is 280 g/mol. The van der Waals surface area contributed by atoms with Gasteiger partial charge in [0.1, 0.15) is 0 Å². The molecule has 0 bridgehead atoms. The van der Waals surface area contributed by atoms with Crippen LogP contribution in [0.5, 0.6) is 0 Å². The fourth-order valence-electron chi connectivity index (χ4n) is 2.05. The van der Waals surface area contributed by atoms with Gasteiger partial charge in [-0.05, 0) is 13.8 Å². The molecule has 1 fully saturated rings. The molecule has 2 unspecified atom stereocenters. The molecule has 7 heteroatoms. The van der Waals surface area contributed by atoms with E-state index in [0.717, 1.165) is 0 Å². The third kappa shape index (κ3) is 5.03. The maximum Gasteiger partial charge on any atom is 0.225 e. The Balaban J connectivity index is 2.52. The highest BCUT2D eigenvalue weighted by Gasteiger charge is 2.31. The number of sulfonamides is 1. The summed E-state index contributed by atoms with van der Waals surface area (Å²) in [6.07, 6.45) is -0.199. The molecule has 118 valence electrons. The Kier molecular flexibility index (Phi) is 5.57. The normalized spacial score (nSPS) is 25.4. The maximum absolute atomic E-state index is 12.2. The van der Waals surface area contributed by atoms with Gasteiger partial charge in [-0.2, -0.15) is 4.31 Å². The molecule has 0 saturated carbocycles. The van der Waals surface area contributed by atoms with Crippen LogP contribution in [-0.2, 0) is 19.6 Å². The van der Waals surface area contributed by atoms with Crippen LogP contribution in [0.1, 0.15) is 34.6 Å². The molecule has 0 aromatic carbocycles. The molecule has 1 aliphatic heterocycles. The SMILES string of the molecule is CC1CN(S(=O)(=O)CCNC(=O)C(C)(C)C)CC(C)O1. The number of hydrogen-bond donors (Lipinski definition) is 1. The van der Waals surface area contributed by atoms with E-state index < -0.39 is 15.4 Å². The van der Waals surface area contributed by atoms with E-state index in [4.69, 9.17) is 4.74 Å². The molecular formula is C13H26N2O4S. The van der Waals surface area contributed by atoms with Crippen molar-refractivity contribution in [1.29, 1.82) is 0 Å². The van der Waals surface area contributed by atoms with Crippen molar-refractivity contribution in [2.45, 2.75) is 46.8 Å². The van der Waals surface area contributed by atoms with Gasteiger partial charge in [0.05, 0.1) is 18.0 Å². The smallest absolute Gasteiger partial charge is 0.225 e. The van der Waals surface area contributed by atoms with E-state index in [1.165, 1.54) is 4.31 Å². The summed E-state index contributed by atoms with van der Waals surface area (Å²) in [7, 11) is -3.35. The summed E-state index contributed by atoms with van der Waals surface area (Å²) < 4.78 is 31.4. The van der Waals surface area contributed by atoms with Crippen LogP contribution in [0.15, 0.2) is 0 Å². The van der Waals surface area contributed by atoms with Crippen molar-refractivity contribution in [3.05, 3.63) is 0 Å². The zero-order valence-electron chi connectivity index (χ0n) is 13.0. The molecule has 1 heterocycles. The molecule has 0 aliphatic carbocycles. The number of carbonyl (C=O) groups excluding carboxylic acids is 1. The Bertz CT molecular complexity index is 432. The third-order valence-corrected chi connectivity index (χ3v) is 4.91. The largest absolute Gasteiger partial charge is 0.373 e. The lowest BCUT2D eigenvalue weighted by Crippen LogP contribution is -2.50. The summed E-state index contributed by atoms with van der Waals surface area (Å²) in [4.78, 5) is 11.7. The lowest BCUT2D eigenvalue weighted by atomic mass is 9.96. The van der Waals surface area contributed by atoms with Crippen LogP contribution in [0.2, 0.25) is 0 Å². The van der Waals surface area contributed by atoms with Gasteiger partial charge in [0.25, 0.3) is 0 Å². The minimum absolute atomic E-state index is 0.0751. The average molecular weight is 306 g/mol. The lowest BCUT2D eigenvalue weighted by Gasteiger charge is -2.34. The first kappa shape index (κ1) is 17.4. The Labute approximate surface area is 121 Å². The first-order chi connectivity index (χ1) is 9.02. The molecule has 1 rings (SSSR count). The Morgan fingerprint density at radius 3 is 2.20 bits per heavy atom. The van der Waals surface area contributed by atoms with Gasteiger partial charge in [-0.1, -0.05) is 20.8 Å². The van der Waals surface area contributed by atoms with Crippen molar-refractivity contribution in [2.24, 2.45) is 5.41 Å². The molecule has 1 amide bonds. The molecule has 0 aromatic heterocycles. The Morgan fingerprint density at radius 2 is 1.75 bits per heavy atom. The zero-order chi connectivity index (χ0) is 15.6. The first-order valence-electron chi connectivity index (χ1n) is 6.94. The highest BCUT2D eigenvalue weighted by atomic mass is 32.2. The second-order valence-corrected chi connectivity index (χ2v) is 8.48. The predicted molar refractivity (Wildman–Crippen MR) is 77.8 cm³/mol. The van der Waals surface area contributed by atoms with Crippen LogP contribution < -0.4 is 5.32 Å². The monoisotopic (exact) mass is 306 g/mol. The van der Waals surface area contributed by atoms with Gasteiger partial charge in [0.2, 0.25) is 15.9 Å². The van der Waals surface area contributed by atoms with E-state index in [1.54, 1.807) is 20.8 Å². The fourth-order valence-corrected chi connectivity index (χ4v) is 3.54. The van der Waals surface area contributed by atoms with E-state index in [2.05, 4.69) is 5.32 Å². The molecule has 0 spiro atoms. The summed E-state index contributed by atoms with van der Waals surface area (Å²) in [5, 5.41) is 2.66. The number of nitrogens with one attached hydrogen (secondary N) is 1. The van der Waals surface area contributed by atoms with E-state index in [1.807, 2.05) is 13.8 Å². The number of ether oxygens (including phenoxy) is 1. The van der Waals surface area contributed by atoms with Crippen LogP contribution in [0.4, 0.5) is 0 Å². The fraction of sp³-hybridized carbons (Fsp3) is 0.923. The van der Waals surface area contributed by atoms with Crippen LogP contribution >= 0.6 is 0 Å². The number of morpholine rings is 1. The Morgan fingerprint density at radius 1 is 1.25 bits per heavy atom. The van der Waals surface area contributed by atoms with Crippen molar-refractivity contribution in [3.63, 3.8) is 0 Å². The minimum Gasteiger partial charge on any atom is -0.373 e. The van der Waals surface area contributed by atoms with Gasteiger partial charge < -0.3 is 10.1 Å². The van der Waals surface area contributed by atoms with Gasteiger partial charge in [-0.25, -0.2) is 8.42 Å². The highest BCUT2D eigenvalue weighted by molar-refractivity contribution is 7.89. The van der Waals surface area contributed by atoms with Crippen molar-refractivity contribution < 1.29 is 17.9 Å². The molecule has 1 saturated heterocycles. The molecule has 6 nitrogen and oxygen atoms in total. The van der Waals surface area contributed by atoms with Gasteiger partial charge in [0, 0.05) is 25.0 Å². The second-order valence-electron chi connectivity index (χ2n) is 6.40. The van der Waals surface area contributed by atoms with Gasteiger partial charge >= 0.3 is 0 Å². The molecule has 20 heavy (non-hydrogen) atoms. The van der Waals surface area contributed by atoms with Gasteiger partial charge in [0.15, 0.2) is 0 Å². The predicted octanol–water partition coefficient (Wildman–Crippen LogP) is 0.588. The van der Waals surface area contributed by atoms with Crippen molar-refractivity contribution in [3.8, 4) is 0 Å². The average Bonchev–Trinajstić information content (AvgIpc) is 2.25. The van der Waals surface area contributed by atoms with E-state index in [0.29, 0.717) is 13.1 Å². The number of rotatable bonds is 4. The first-order valence-corrected chi connectivity index (χ1v) is 8.55. The number of amides is 1. The summed E-state index contributed by atoms with van der Waals surface area (Å²) in [5.74, 6) is -0.217. The Hall–Kier alpha value is -0.660. The number of nitrogens with zero attached hydrogens (tertiary/aromatic N) is 1. The van der Waals surface area contributed by atoms with Crippen LogP contribution in [0.3, 0.4) is 0 Å². The molecule has 2 atom stereocenters. The van der Waals surface area contributed by atoms with E-state index in [9.17, 15) is 13.2 Å². The number of carbonyl (C=O) groups is 1. The standard InChI is InChI=1S/C13H26N2O4S/c1-10-8-15(9-11(2)19-10)20(17,18)7-6-14-12(16)13(3,4)5/h10-11H,6-9H2,1-5H3,(H,14,16). The van der Waals surface area contributed by atoms with Crippen molar-refractivity contribution >= 4 is 15.9 Å². The van der Waals surface area contributed by atoms with Crippen molar-refractivity contribution in [1.82, 2.24) is 9.62 Å². The summed E-state index contributed by atoms with van der Waals surface area (Å²) >= 11 is 0. The van der Waals surface area contributed by atoms with Crippen LogP contribution in [0, 0.1) is 5.41 Å². The topological polar surface area (TPSA) is 75.7 Å². The highest BCUT2D eigenvalue weighted by Crippen LogP contribution is 2.15. The molecule has 1 N–H and O–H groups in total. The lowest BCUT2D eigenvalue weighted by molar-refractivity contribution is -0.128. The van der Waals surface area contributed by atoms with Gasteiger partial charge in [-0.3, -0.25) is 4.79 Å². The quantitative estimate of drug-likeness (QED) is 0.825. The van der Waals surface area contributed by atoms with E-state index >= 15 is 0 Å². The summed E-state index contributed by atoms with van der Waals surface area (Å²) in [6.45, 7) is 9.99. The molecule has 1 aliphatic rings. The third-order valence-electron chi connectivity index (χ3n) is 3.11. The minimum atomic E-state index is -3.35. The number of hydrogen-bond acceptors (Lipinski definition) is 4. The van der Waals surface area contributed by atoms with Crippen LogP contribution in [-0.4, -0.2) is 56.2 Å². The van der Waals surface area contributed by atoms with Crippen LogP contribution in [0.25, 0.3) is 0 Å². The summed E-state index contributed by atoms with van der Waals surface area (Å²) in [6, 6.07) is 0. The molecule has 0 aromatic rings. The van der Waals surface area contributed by atoms with E-state index in [-0.39, 0.29) is 30.4 Å². The van der Waals surface area contributed by atoms with Gasteiger partial charge in [-0.15, -0.1) is 0 Å². The molecule has 0 radical (unpaired) electrons. The maximum atomic E-state index is 12.2.